The zero-order valence-corrected chi connectivity index (χ0v) is 25.5. The summed E-state index contributed by atoms with van der Waals surface area (Å²) in [5, 5.41) is 14.0. The second-order valence-electron chi connectivity index (χ2n) is 12.7. The van der Waals surface area contributed by atoms with Crippen LogP contribution in [0.15, 0.2) is 60.9 Å². The van der Waals surface area contributed by atoms with E-state index >= 15 is 0 Å². The third kappa shape index (κ3) is 4.80. The first-order valence-corrected chi connectivity index (χ1v) is 14.6. The number of para-hydroxylation sites is 1. The Kier molecular flexibility index (Phi) is 7.02. The third-order valence-electron chi connectivity index (χ3n) is 8.93. The molecule has 0 aliphatic carbocycles. The van der Waals surface area contributed by atoms with E-state index in [4.69, 9.17) is 4.98 Å². The maximum absolute atomic E-state index is 13.4. The molecule has 2 bridgehead atoms. The number of benzene rings is 1. The largest absolute Gasteiger partial charge is 0.465 e. The normalized spacial score (nSPS) is 20.1. The number of carbonyl (C=O) groups excluding carboxylic acids is 2. The molecular weight excluding hydrogens is 560 g/mol. The van der Waals surface area contributed by atoms with Crippen molar-refractivity contribution in [3.63, 3.8) is 0 Å². The van der Waals surface area contributed by atoms with E-state index < -0.39 is 11.6 Å². The van der Waals surface area contributed by atoms with Crippen LogP contribution in [-0.2, 0) is 4.79 Å². The van der Waals surface area contributed by atoms with E-state index in [9.17, 15) is 19.5 Å². The Labute approximate surface area is 255 Å². The Bertz CT molecular complexity index is 1750. The number of anilines is 3. The topological polar surface area (TPSA) is 137 Å². The molecule has 2 N–H and O–H groups in total. The van der Waals surface area contributed by atoms with Crippen LogP contribution in [0.2, 0.25) is 0 Å². The van der Waals surface area contributed by atoms with Crippen LogP contribution in [0, 0.1) is 5.41 Å². The van der Waals surface area contributed by atoms with Gasteiger partial charge >= 0.3 is 6.09 Å². The minimum absolute atomic E-state index is 0.117. The van der Waals surface area contributed by atoms with Crippen LogP contribution in [0.25, 0.3) is 16.7 Å². The molecule has 0 spiro atoms. The summed E-state index contributed by atoms with van der Waals surface area (Å²) < 4.78 is 1.81. The Morgan fingerprint density at radius 3 is 2.43 bits per heavy atom. The number of carboxylic acid groups (broad SMARTS) is 1. The summed E-state index contributed by atoms with van der Waals surface area (Å²) in [6, 6.07) is 14.5. The van der Waals surface area contributed by atoms with Gasteiger partial charge in [-0.15, -0.1) is 0 Å². The lowest BCUT2D eigenvalue weighted by molar-refractivity contribution is -0.119. The van der Waals surface area contributed by atoms with Crippen molar-refractivity contribution in [1.82, 2.24) is 29.3 Å². The summed E-state index contributed by atoms with van der Waals surface area (Å²) in [5.74, 6) is 0.489. The number of nitrogens with one attached hydrogen (secondary N) is 1. The molecule has 44 heavy (non-hydrogen) atoms. The molecule has 1 aromatic carbocycles. The van der Waals surface area contributed by atoms with Crippen molar-refractivity contribution in [3.8, 4) is 5.69 Å². The number of fused-ring (bicyclic) bond motifs is 3. The van der Waals surface area contributed by atoms with E-state index in [0.717, 1.165) is 5.69 Å². The Balaban J connectivity index is 1.30. The van der Waals surface area contributed by atoms with E-state index in [-0.39, 0.29) is 36.2 Å². The monoisotopic (exact) mass is 596 g/mol. The van der Waals surface area contributed by atoms with Crippen LogP contribution in [0.5, 0.6) is 0 Å². The first-order valence-electron chi connectivity index (χ1n) is 14.6. The van der Waals surface area contributed by atoms with Gasteiger partial charge in [0.05, 0.1) is 17.4 Å². The first-order chi connectivity index (χ1) is 20.9. The number of aromatic nitrogens is 4. The summed E-state index contributed by atoms with van der Waals surface area (Å²) in [5.41, 5.74) is 1.33. The van der Waals surface area contributed by atoms with Gasteiger partial charge in [-0.05, 0) is 48.6 Å². The number of carbonyl (C=O) groups is 3. The Morgan fingerprint density at radius 1 is 1.05 bits per heavy atom. The molecule has 0 radical (unpaired) electrons. The number of rotatable bonds is 5. The quantitative estimate of drug-likeness (QED) is 0.331. The van der Waals surface area contributed by atoms with Gasteiger partial charge in [0.15, 0.2) is 5.65 Å². The van der Waals surface area contributed by atoms with E-state index in [1.165, 1.54) is 9.80 Å². The molecule has 228 valence electrons. The molecule has 2 aliphatic rings. The highest BCUT2D eigenvalue weighted by Crippen LogP contribution is 2.49. The standard InChI is InChI=1S/C32H36N8O4/c1-31(2,3)32-14-13-22(40(32)30(43)44)16-26(41)38(19-32)23-11-12-25(33-18-23)35-29-34-17-20-15-24(28(42)37(4)5)39(27(20)36-29)21-9-7-6-8-10-21/h6-12,15,17-18,22H,13-14,16,19H2,1-5H3,(H,43,44)(H,33,34,35,36). The highest BCUT2D eigenvalue weighted by Gasteiger charge is 2.59. The second-order valence-corrected chi connectivity index (χ2v) is 12.7. The predicted molar refractivity (Wildman–Crippen MR) is 166 cm³/mol. The lowest BCUT2D eigenvalue weighted by atomic mass is 9.71. The molecule has 3 amide bonds. The van der Waals surface area contributed by atoms with Crippen LogP contribution in [0.4, 0.5) is 22.2 Å². The summed E-state index contributed by atoms with van der Waals surface area (Å²) in [4.78, 5) is 57.3. The fourth-order valence-electron chi connectivity index (χ4n) is 6.57. The molecule has 2 unspecified atom stereocenters. The average molecular weight is 597 g/mol. The Hall–Kier alpha value is -5.00. The first kappa shape index (κ1) is 29.1. The smallest absolute Gasteiger partial charge is 0.408 e. The third-order valence-corrected chi connectivity index (χ3v) is 8.93. The molecule has 12 heteroatoms. The van der Waals surface area contributed by atoms with Gasteiger partial charge in [0, 0.05) is 50.4 Å². The number of nitrogens with zero attached hydrogens (tertiary/aromatic N) is 7. The number of hydrogen-bond acceptors (Lipinski definition) is 7. The molecule has 5 heterocycles. The minimum Gasteiger partial charge on any atom is -0.465 e. The van der Waals surface area contributed by atoms with E-state index in [1.807, 2.05) is 55.7 Å². The van der Waals surface area contributed by atoms with E-state index in [0.29, 0.717) is 47.0 Å². The van der Waals surface area contributed by atoms with Crippen molar-refractivity contribution < 1.29 is 19.5 Å². The number of pyridine rings is 1. The molecule has 2 fully saturated rings. The zero-order valence-electron chi connectivity index (χ0n) is 25.5. The molecular formula is C32H36N8O4. The Morgan fingerprint density at radius 2 is 1.80 bits per heavy atom. The van der Waals surface area contributed by atoms with Gasteiger partial charge in [-0.3, -0.25) is 19.1 Å². The summed E-state index contributed by atoms with van der Waals surface area (Å²) in [6.07, 6.45) is 3.79. The minimum atomic E-state index is -0.983. The van der Waals surface area contributed by atoms with Gasteiger partial charge in [0.2, 0.25) is 11.9 Å². The maximum atomic E-state index is 13.4. The maximum Gasteiger partial charge on any atom is 0.408 e. The molecule has 12 nitrogen and oxygen atoms in total. The van der Waals surface area contributed by atoms with Crippen molar-refractivity contribution in [2.45, 2.75) is 51.6 Å². The fourth-order valence-corrected chi connectivity index (χ4v) is 6.57. The number of hydrogen-bond donors (Lipinski definition) is 2. The molecule has 6 rings (SSSR count). The van der Waals surface area contributed by atoms with E-state index in [1.54, 1.807) is 49.6 Å². The zero-order chi connectivity index (χ0) is 31.4. The van der Waals surface area contributed by atoms with Crippen LogP contribution >= 0.6 is 0 Å². The van der Waals surface area contributed by atoms with Crippen molar-refractivity contribution in [2.75, 3.05) is 30.9 Å². The number of amides is 3. The van der Waals surface area contributed by atoms with Gasteiger partial charge in [0.1, 0.15) is 11.5 Å². The SMILES string of the molecule is CN(C)C(=O)c1cc2cnc(Nc3ccc(N4CC5(C(C)(C)C)CCC(CC4=O)N5C(=O)O)cn3)nc2n1-c1ccccc1. The van der Waals surface area contributed by atoms with Crippen molar-refractivity contribution >= 4 is 46.4 Å². The van der Waals surface area contributed by atoms with Crippen molar-refractivity contribution in [1.29, 1.82) is 0 Å². The van der Waals surface area contributed by atoms with Crippen LogP contribution in [0.3, 0.4) is 0 Å². The van der Waals surface area contributed by atoms with Gasteiger partial charge in [-0.2, -0.15) is 4.98 Å². The van der Waals surface area contributed by atoms with Gasteiger partial charge in [-0.1, -0.05) is 39.0 Å². The van der Waals surface area contributed by atoms with Gasteiger partial charge in [-0.25, -0.2) is 14.8 Å². The van der Waals surface area contributed by atoms with Crippen LogP contribution < -0.4 is 10.2 Å². The lowest BCUT2D eigenvalue weighted by Crippen LogP contribution is -2.61. The summed E-state index contributed by atoms with van der Waals surface area (Å²) in [6.45, 7) is 6.37. The molecule has 4 aromatic rings. The summed E-state index contributed by atoms with van der Waals surface area (Å²) in [7, 11) is 3.41. The lowest BCUT2D eigenvalue weighted by Gasteiger charge is -2.48. The molecule has 2 saturated heterocycles. The second kappa shape index (κ2) is 10.6. The van der Waals surface area contributed by atoms with Crippen molar-refractivity contribution in [3.05, 3.63) is 66.6 Å². The summed E-state index contributed by atoms with van der Waals surface area (Å²) >= 11 is 0. The molecule has 2 atom stereocenters. The highest BCUT2D eigenvalue weighted by atomic mass is 16.4. The van der Waals surface area contributed by atoms with Gasteiger partial charge < -0.3 is 20.2 Å². The van der Waals surface area contributed by atoms with Crippen LogP contribution in [-0.4, -0.2) is 84.6 Å². The van der Waals surface area contributed by atoms with Crippen molar-refractivity contribution in [2.24, 2.45) is 5.41 Å². The molecule has 0 saturated carbocycles. The van der Waals surface area contributed by atoms with Gasteiger partial charge in [0.25, 0.3) is 5.91 Å². The van der Waals surface area contributed by atoms with E-state index in [2.05, 4.69) is 15.3 Å². The molecule has 2 aliphatic heterocycles. The average Bonchev–Trinajstić information content (AvgIpc) is 3.51. The molecule has 3 aromatic heterocycles. The fraction of sp³-hybridized carbons (Fsp3) is 0.375. The highest BCUT2D eigenvalue weighted by molar-refractivity contribution is 5.99. The predicted octanol–water partition coefficient (Wildman–Crippen LogP) is 4.92. The van der Waals surface area contributed by atoms with Crippen LogP contribution in [0.1, 0.15) is 50.5 Å².